The van der Waals surface area contributed by atoms with Gasteiger partial charge < -0.3 is 14.2 Å². The van der Waals surface area contributed by atoms with Gasteiger partial charge in [-0.3, -0.25) is 14.4 Å². The molecule has 1 unspecified atom stereocenters. The van der Waals surface area contributed by atoms with Gasteiger partial charge in [-0.2, -0.15) is 0 Å². The zero-order valence-electron chi connectivity index (χ0n) is 42.7. The quantitative estimate of drug-likeness (QED) is 0.0344. The summed E-state index contributed by atoms with van der Waals surface area (Å²) in [5.74, 6) is 1.64. The first-order valence-corrected chi connectivity index (χ1v) is 27.6. The lowest BCUT2D eigenvalue weighted by Gasteiger charge is -2.18. The fourth-order valence-electron chi connectivity index (χ4n) is 8.44. The highest BCUT2D eigenvalue weighted by Gasteiger charge is 2.19. The molecule has 0 aliphatic heterocycles. The van der Waals surface area contributed by atoms with E-state index in [2.05, 4.69) is 41.5 Å². The van der Waals surface area contributed by atoms with E-state index in [9.17, 15) is 14.4 Å². The maximum Gasteiger partial charge on any atom is 0.306 e. The normalized spacial score (nSPS) is 12.6. The van der Waals surface area contributed by atoms with Crippen molar-refractivity contribution in [1.29, 1.82) is 0 Å². The lowest BCUT2D eigenvalue weighted by atomic mass is 10.00. The lowest BCUT2D eigenvalue weighted by molar-refractivity contribution is -0.167. The number of hydrogen-bond donors (Lipinski definition) is 0. The van der Waals surface area contributed by atoms with Crippen LogP contribution in [-0.2, 0) is 28.6 Å². The Morgan fingerprint density at radius 3 is 0.839 bits per heavy atom. The van der Waals surface area contributed by atoms with E-state index in [0.29, 0.717) is 19.3 Å². The molecule has 0 spiro atoms. The summed E-state index contributed by atoms with van der Waals surface area (Å²) in [5.41, 5.74) is 0. The van der Waals surface area contributed by atoms with Crippen molar-refractivity contribution >= 4 is 17.9 Å². The molecule has 0 saturated heterocycles. The summed E-state index contributed by atoms with van der Waals surface area (Å²) in [4.78, 5) is 38.0. The Labute approximate surface area is 387 Å². The van der Waals surface area contributed by atoms with E-state index >= 15 is 0 Å². The van der Waals surface area contributed by atoms with Gasteiger partial charge in [0.05, 0.1) is 0 Å². The van der Waals surface area contributed by atoms with Gasteiger partial charge in [0.2, 0.25) is 0 Å². The molecule has 6 nitrogen and oxygen atoms in total. The van der Waals surface area contributed by atoms with Crippen LogP contribution in [0, 0.1) is 17.8 Å². The number of ether oxygens (including phenoxy) is 3. The average Bonchev–Trinajstić information content (AvgIpc) is 3.24. The third-order valence-electron chi connectivity index (χ3n) is 13.0. The van der Waals surface area contributed by atoms with Crippen molar-refractivity contribution in [2.24, 2.45) is 17.8 Å². The van der Waals surface area contributed by atoms with Gasteiger partial charge in [0.15, 0.2) is 6.10 Å². The summed E-state index contributed by atoms with van der Waals surface area (Å²) in [6.45, 7) is 13.7. The molecule has 0 fully saturated rings. The zero-order valence-corrected chi connectivity index (χ0v) is 42.7. The molecule has 0 N–H and O–H groups in total. The van der Waals surface area contributed by atoms with Crippen molar-refractivity contribution in [3.05, 3.63) is 0 Å². The summed E-state index contributed by atoms with van der Waals surface area (Å²) in [7, 11) is 0. The SMILES string of the molecule is CCC(C)CCCCCCCCC(=O)OC[C@H](COC(=O)CCCCCCCCCCCCCCCCCCCCC(C)C)OC(=O)CCCCCCCCCCCCC(C)C. The highest BCUT2D eigenvalue weighted by atomic mass is 16.6. The van der Waals surface area contributed by atoms with Crippen LogP contribution >= 0.6 is 0 Å². The Bertz CT molecular complexity index is 962. The Hall–Kier alpha value is -1.59. The molecule has 6 heteroatoms. The molecule has 0 aliphatic carbocycles. The Morgan fingerprint density at radius 1 is 0.323 bits per heavy atom. The maximum atomic E-state index is 12.8. The third-order valence-corrected chi connectivity index (χ3v) is 13.0. The van der Waals surface area contributed by atoms with E-state index < -0.39 is 6.10 Å². The van der Waals surface area contributed by atoms with Crippen LogP contribution in [0.2, 0.25) is 0 Å². The van der Waals surface area contributed by atoms with Crippen molar-refractivity contribution in [3.8, 4) is 0 Å². The van der Waals surface area contributed by atoms with Crippen LogP contribution in [0.5, 0.6) is 0 Å². The molecule has 368 valence electrons. The first-order valence-electron chi connectivity index (χ1n) is 27.6. The summed E-state index contributed by atoms with van der Waals surface area (Å²) in [5, 5.41) is 0. The summed E-state index contributed by atoms with van der Waals surface area (Å²) in [6.07, 6.45) is 48.2. The van der Waals surface area contributed by atoms with Crippen LogP contribution in [-0.4, -0.2) is 37.2 Å². The third kappa shape index (κ3) is 47.9. The molecule has 0 saturated carbocycles. The van der Waals surface area contributed by atoms with E-state index in [1.165, 1.54) is 186 Å². The van der Waals surface area contributed by atoms with Crippen molar-refractivity contribution in [1.82, 2.24) is 0 Å². The van der Waals surface area contributed by atoms with E-state index in [4.69, 9.17) is 14.2 Å². The molecule has 0 bridgehead atoms. The standard InChI is InChI=1S/C56H108O6/c1-7-52(6)44-38-32-28-29-34-40-46-55(58)61-49-53(62-56(59)47-41-35-27-23-19-18-21-25-31-37-43-51(4)5)48-60-54(57)45-39-33-26-22-17-15-13-11-9-8-10-12-14-16-20-24-30-36-42-50(2)3/h50-53H,7-49H2,1-6H3/t52?,53-/m0/s1. The maximum absolute atomic E-state index is 12.8. The van der Waals surface area contributed by atoms with E-state index in [0.717, 1.165) is 75.5 Å². The molecule has 0 aromatic rings. The topological polar surface area (TPSA) is 78.9 Å². The van der Waals surface area contributed by atoms with Crippen molar-refractivity contribution < 1.29 is 28.6 Å². The van der Waals surface area contributed by atoms with Crippen LogP contribution < -0.4 is 0 Å². The summed E-state index contributed by atoms with van der Waals surface area (Å²) < 4.78 is 16.8. The predicted octanol–water partition coefficient (Wildman–Crippen LogP) is 17.9. The summed E-state index contributed by atoms with van der Waals surface area (Å²) in [6, 6.07) is 0. The number of carbonyl (C=O) groups is 3. The number of rotatable bonds is 49. The second-order valence-electron chi connectivity index (χ2n) is 20.4. The molecule has 0 rings (SSSR count). The molecule has 0 heterocycles. The van der Waals surface area contributed by atoms with Gasteiger partial charge in [-0.1, -0.05) is 266 Å². The molecule has 0 amide bonds. The molecule has 62 heavy (non-hydrogen) atoms. The van der Waals surface area contributed by atoms with E-state index in [1.807, 2.05) is 0 Å². The zero-order chi connectivity index (χ0) is 45.6. The highest BCUT2D eigenvalue weighted by molar-refractivity contribution is 5.71. The number of esters is 3. The van der Waals surface area contributed by atoms with Gasteiger partial charge in [-0.05, 0) is 37.0 Å². The molecule has 2 atom stereocenters. The minimum atomic E-state index is -0.763. The van der Waals surface area contributed by atoms with Gasteiger partial charge in [-0.25, -0.2) is 0 Å². The first-order chi connectivity index (χ1) is 30.1. The van der Waals surface area contributed by atoms with Crippen LogP contribution in [0.3, 0.4) is 0 Å². The smallest absolute Gasteiger partial charge is 0.306 e. The van der Waals surface area contributed by atoms with Crippen molar-refractivity contribution in [3.63, 3.8) is 0 Å². The molecule has 0 radical (unpaired) electrons. The molecular formula is C56H108O6. The van der Waals surface area contributed by atoms with Crippen molar-refractivity contribution in [2.75, 3.05) is 13.2 Å². The van der Waals surface area contributed by atoms with E-state index in [1.54, 1.807) is 0 Å². The van der Waals surface area contributed by atoms with Gasteiger partial charge >= 0.3 is 17.9 Å². The minimum absolute atomic E-state index is 0.0648. The van der Waals surface area contributed by atoms with Gasteiger partial charge in [0.25, 0.3) is 0 Å². The second kappa shape index (κ2) is 47.4. The van der Waals surface area contributed by atoms with Crippen LogP contribution in [0.15, 0.2) is 0 Å². The highest BCUT2D eigenvalue weighted by Crippen LogP contribution is 2.18. The number of hydrogen-bond acceptors (Lipinski definition) is 6. The number of unbranched alkanes of at least 4 members (excludes halogenated alkanes) is 31. The second-order valence-corrected chi connectivity index (χ2v) is 20.4. The Morgan fingerprint density at radius 2 is 0.565 bits per heavy atom. The first kappa shape index (κ1) is 60.4. The molecular weight excluding hydrogens is 769 g/mol. The van der Waals surface area contributed by atoms with Crippen LogP contribution in [0.1, 0.15) is 305 Å². The minimum Gasteiger partial charge on any atom is -0.462 e. The molecule has 0 aromatic carbocycles. The fraction of sp³-hybridized carbons (Fsp3) is 0.946. The molecule has 0 aromatic heterocycles. The van der Waals surface area contributed by atoms with Crippen LogP contribution in [0.4, 0.5) is 0 Å². The fourth-order valence-corrected chi connectivity index (χ4v) is 8.44. The van der Waals surface area contributed by atoms with E-state index in [-0.39, 0.29) is 31.1 Å². The Balaban J connectivity index is 4.21. The molecule has 0 aliphatic rings. The monoisotopic (exact) mass is 877 g/mol. The lowest BCUT2D eigenvalue weighted by Crippen LogP contribution is -2.30. The Kier molecular flexibility index (Phi) is 46.2. The number of carbonyl (C=O) groups excluding carboxylic acids is 3. The summed E-state index contributed by atoms with van der Waals surface area (Å²) >= 11 is 0. The van der Waals surface area contributed by atoms with Crippen LogP contribution in [0.25, 0.3) is 0 Å². The van der Waals surface area contributed by atoms with Gasteiger partial charge in [0.1, 0.15) is 13.2 Å². The van der Waals surface area contributed by atoms with Gasteiger partial charge in [-0.15, -0.1) is 0 Å². The average molecular weight is 877 g/mol. The van der Waals surface area contributed by atoms with Crippen molar-refractivity contribution in [2.45, 2.75) is 311 Å². The van der Waals surface area contributed by atoms with Gasteiger partial charge in [0, 0.05) is 19.3 Å². The largest absolute Gasteiger partial charge is 0.462 e. The predicted molar refractivity (Wildman–Crippen MR) is 266 cm³/mol.